The van der Waals surface area contributed by atoms with E-state index >= 15 is 0 Å². The van der Waals surface area contributed by atoms with E-state index in [4.69, 9.17) is 4.98 Å². The van der Waals surface area contributed by atoms with Crippen LogP contribution in [0, 0.1) is 0 Å². The molecule has 188 valence electrons. The molecular formula is C25H30N8O2S. The van der Waals surface area contributed by atoms with Gasteiger partial charge in [-0.2, -0.15) is 4.98 Å². The van der Waals surface area contributed by atoms with E-state index in [-0.39, 0.29) is 0 Å². The summed E-state index contributed by atoms with van der Waals surface area (Å²) >= 11 is 0. The normalized spacial score (nSPS) is 16.3. The number of rotatable bonds is 7. The first-order valence-electron chi connectivity index (χ1n) is 11.8. The quantitative estimate of drug-likeness (QED) is 0.394. The van der Waals surface area contributed by atoms with Crippen molar-refractivity contribution in [1.29, 1.82) is 0 Å². The van der Waals surface area contributed by atoms with Gasteiger partial charge in [-0.15, -0.1) is 0 Å². The Kier molecular flexibility index (Phi) is 6.50. The van der Waals surface area contributed by atoms with Gasteiger partial charge in [-0.1, -0.05) is 0 Å². The van der Waals surface area contributed by atoms with Crippen molar-refractivity contribution in [2.24, 2.45) is 0 Å². The fourth-order valence-electron chi connectivity index (χ4n) is 4.44. The van der Waals surface area contributed by atoms with Crippen LogP contribution in [0.2, 0.25) is 0 Å². The Morgan fingerprint density at radius 2 is 1.97 bits per heavy atom. The van der Waals surface area contributed by atoms with Crippen molar-refractivity contribution in [3.05, 3.63) is 66.7 Å². The van der Waals surface area contributed by atoms with Gasteiger partial charge >= 0.3 is 0 Å². The van der Waals surface area contributed by atoms with Crippen LogP contribution in [0.15, 0.2) is 61.2 Å². The lowest BCUT2D eigenvalue weighted by Gasteiger charge is -2.36. The van der Waals surface area contributed by atoms with Crippen molar-refractivity contribution < 1.29 is 8.42 Å². The Balaban J connectivity index is 1.37. The zero-order valence-corrected chi connectivity index (χ0v) is 21.4. The summed E-state index contributed by atoms with van der Waals surface area (Å²) in [7, 11) is -1.88. The van der Waals surface area contributed by atoms with Crippen LogP contribution in [0.3, 0.4) is 0 Å². The van der Waals surface area contributed by atoms with E-state index in [1.165, 1.54) is 23.3 Å². The van der Waals surface area contributed by atoms with Gasteiger partial charge in [0, 0.05) is 68.1 Å². The molecule has 1 unspecified atom stereocenters. The smallest absolute Gasteiger partial charge is 0.232 e. The van der Waals surface area contributed by atoms with Crippen LogP contribution in [-0.4, -0.2) is 66.9 Å². The second-order valence-electron chi connectivity index (χ2n) is 9.07. The summed E-state index contributed by atoms with van der Waals surface area (Å²) in [6, 6.07) is 12.5. The fraction of sp³-hybridized carbons (Fsp3) is 0.320. The number of nitrogens with one attached hydrogen (secondary N) is 2. The summed E-state index contributed by atoms with van der Waals surface area (Å²) in [6.45, 7) is 5.63. The Bertz CT molecular complexity index is 1470. The molecule has 5 rings (SSSR count). The maximum Gasteiger partial charge on any atom is 0.232 e. The Hall–Kier alpha value is -3.70. The first-order chi connectivity index (χ1) is 17.3. The Morgan fingerprint density at radius 1 is 1.17 bits per heavy atom. The van der Waals surface area contributed by atoms with Gasteiger partial charge in [-0.3, -0.25) is 9.29 Å². The van der Waals surface area contributed by atoms with Crippen molar-refractivity contribution in [3.8, 4) is 0 Å². The molecule has 11 heteroatoms. The van der Waals surface area contributed by atoms with Crippen LogP contribution in [0.5, 0.6) is 0 Å². The van der Waals surface area contributed by atoms with Gasteiger partial charge in [-0.05, 0) is 48.9 Å². The molecule has 0 amide bonds. The molecule has 1 fully saturated rings. The van der Waals surface area contributed by atoms with Crippen LogP contribution >= 0.6 is 0 Å². The highest BCUT2D eigenvalue weighted by Gasteiger charge is 2.19. The minimum atomic E-state index is -3.41. The van der Waals surface area contributed by atoms with Gasteiger partial charge in [0.05, 0.1) is 24.7 Å². The predicted molar refractivity (Wildman–Crippen MR) is 144 cm³/mol. The van der Waals surface area contributed by atoms with Gasteiger partial charge in [0.2, 0.25) is 16.0 Å². The SMILES string of the molecule is CC1CNCCN1c1ccc(Nc2ncc3ccn(Cc4ccncc4N(C)S(C)(=O)=O)c3n2)cc1. The van der Waals surface area contributed by atoms with Crippen molar-refractivity contribution in [2.45, 2.75) is 19.5 Å². The van der Waals surface area contributed by atoms with E-state index in [0.29, 0.717) is 24.2 Å². The van der Waals surface area contributed by atoms with Gasteiger partial charge < -0.3 is 20.1 Å². The molecule has 1 aliphatic heterocycles. The molecule has 0 spiro atoms. The van der Waals surface area contributed by atoms with Gasteiger partial charge in [0.15, 0.2) is 0 Å². The third-order valence-electron chi connectivity index (χ3n) is 6.52. The predicted octanol–water partition coefficient (Wildman–Crippen LogP) is 2.81. The fourth-order valence-corrected chi connectivity index (χ4v) is 4.96. The number of nitrogens with zero attached hydrogens (tertiary/aromatic N) is 6. The average molecular weight is 507 g/mol. The highest BCUT2D eigenvalue weighted by Crippen LogP contribution is 2.25. The lowest BCUT2D eigenvalue weighted by atomic mass is 10.1. The number of benzene rings is 1. The molecule has 0 bridgehead atoms. The first kappa shape index (κ1) is 24.0. The van der Waals surface area contributed by atoms with E-state index in [9.17, 15) is 8.42 Å². The molecule has 3 aromatic heterocycles. The molecule has 1 saturated heterocycles. The number of hydrogen-bond donors (Lipinski definition) is 2. The number of anilines is 4. The molecule has 4 heterocycles. The molecule has 10 nitrogen and oxygen atoms in total. The molecular weight excluding hydrogens is 476 g/mol. The van der Waals surface area contributed by atoms with Crippen molar-refractivity contribution in [2.75, 3.05) is 47.5 Å². The zero-order chi connectivity index (χ0) is 25.3. The maximum absolute atomic E-state index is 12.1. The number of hydrogen-bond acceptors (Lipinski definition) is 8. The van der Waals surface area contributed by atoms with Crippen LogP contribution in [0.25, 0.3) is 11.0 Å². The van der Waals surface area contributed by atoms with Crippen LogP contribution in [0.4, 0.5) is 23.0 Å². The molecule has 1 aromatic carbocycles. The van der Waals surface area contributed by atoms with Crippen molar-refractivity contribution >= 4 is 44.1 Å². The summed E-state index contributed by atoms with van der Waals surface area (Å²) in [5.74, 6) is 0.494. The second-order valence-corrected chi connectivity index (χ2v) is 11.1. The molecule has 1 atom stereocenters. The van der Waals surface area contributed by atoms with E-state index < -0.39 is 10.0 Å². The van der Waals surface area contributed by atoms with Crippen molar-refractivity contribution in [1.82, 2.24) is 24.8 Å². The Morgan fingerprint density at radius 3 is 2.72 bits per heavy atom. The Labute approximate surface area is 211 Å². The molecule has 0 saturated carbocycles. The molecule has 1 aliphatic rings. The largest absolute Gasteiger partial charge is 0.366 e. The number of aromatic nitrogens is 4. The first-order valence-corrected chi connectivity index (χ1v) is 13.7. The number of piperazine rings is 1. The molecule has 0 radical (unpaired) electrons. The number of fused-ring (bicyclic) bond motifs is 1. The minimum absolute atomic E-state index is 0.440. The van der Waals surface area contributed by atoms with Crippen molar-refractivity contribution in [3.63, 3.8) is 0 Å². The molecule has 2 N–H and O–H groups in total. The second kappa shape index (κ2) is 9.75. The van der Waals surface area contributed by atoms with E-state index in [1.807, 2.05) is 35.0 Å². The topological polar surface area (TPSA) is 108 Å². The summed E-state index contributed by atoms with van der Waals surface area (Å²) in [4.78, 5) is 15.7. The van der Waals surface area contributed by atoms with E-state index in [2.05, 4.69) is 44.6 Å². The highest BCUT2D eigenvalue weighted by atomic mass is 32.2. The van der Waals surface area contributed by atoms with Gasteiger partial charge in [-0.25, -0.2) is 13.4 Å². The van der Waals surface area contributed by atoms with E-state index in [1.54, 1.807) is 18.6 Å². The lowest BCUT2D eigenvalue weighted by Crippen LogP contribution is -2.49. The number of sulfonamides is 1. The standard InChI is InChI=1S/C25H30N8O2S/c1-18-14-27-11-13-33(18)22-6-4-21(5-7-22)29-25-28-15-19-9-12-32(24(19)30-25)17-20-8-10-26-16-23(20)31(2)36(3,34)35/h4-10,12,15-16,18,27H,11,13-14,17H2,1-3H3,(H,28,29,30). The molecule has 4 aromatic rings. The average Bonchev–Trinajstić information content (AvgIpc) is 3.26. The molecule has 0 aliphatic carbocycles. The third-order valence-corrected chi connectivity index (χ3v) is 7.72. The van der Waals surface area contributed by atoms with Crippen LogP contribution in [0.1, 0.15) is 12.5 Å². The van der Waals surface area contributed by atoms with Gasteiger partial charge in [0.25, 0.3) is 0 Å². The van der Waals surface area contributed by atoms with Crippen LogP contribution < -0.4 is 19.8 Å². The summed E-state index contributed by atoms with van der Waals surface area (Å²) in [5.41, 5.74) is 4.22. The maximum atomic E-state index is 12.1. The third kappa shape index (κ3) is 4.98. The molecule has 36 heavy (non-hydrogen) atoms. The summed E-state index contributed by atoms with van der Waals surface area (Å²) in [6.07, 6.45) is 8.12. The highest BCUT2D eigenvalue weighted by molar-refractivity contribution is 7.92. The lowest BCUT2D eigenvalue weighted by molar-refractivity contribution is 0.501. The van der Waals surface area contributed by atoms with Gasteiger partial charge in [0.1, 0.15) is 5.65 Å². The van der Waals surface area contributed by atoms with E-state index in [0.717, 1.165) is 41.9 Å². The summed E-state index contributed by atoms with van der Waals surface area (Å²) < 4.78 is 27.4. The monoisotopic (exact) mass is 506 g/mol. The zero-order valence-electron chi connectivity index (χ0n) is 20.6. The van der Waals surface area contributed by atoms with Crippen LogP contribution in [-0.2, 0) is 16.6 Å². The summed E-state index contributed by atoms with van der Waals surface area (Å²) in [5, 5.41) is 7.62. The number of pyridine rings is 1. The minimum Gasteiger partial charge on any atom is -0.366 e.